The van der Waals surface area contributed by atoms with Crippen molar-refractivity contribution in [3.05, 3.63) is 71.4 Å². The van der Waals surface area contributed by atoms with E-state index in [0.29, 0.717) is 16.4 Å². The molecule has 4 aliphatic rings. The number of benzene rings is 2. The van der Waals surface area contributed by atoms with Crippen molar-refractivity contribution in [2.75, 3.05) is 0 Å². The standard InChI is InChI=1S/C29H36N2/c1-21-8-4-5-9-23(21)16-31-17-24(25-10-6-7-11-26(25)31)15-30-29-14-22-12-27(2,19-29)18-28(3,13-22)20-29/h4-11,17,22,30H,12-16,18-20H2,1-3H3/t22?,27-,28+,29?. The van der Waals surface area contributed by atoms with Gasteiger partial charge in [-0.05, 0) is 85.0 Å². The molecule has 4 aliphatic carbocycles. The van der Waals surface area contributed by atoms with E-state index in [-0.39, 0.29) is 0 Å². The average molecular weight is 413 g/mol. The van der Waals surface area contributed by atoms with Crippen LogP contribution < -0.4 is 5.32 Å². The number of fused-ring (bicyclic) bond motifs is 1. The SMILES string of the molecule is Cc1ccccc1Cn1cc(CNC23CC4C[C@@](C)(C2)C[C@](C)(C4)C3)c2ccccc21. The molecule has 31 heavy (non-hydrogen) atoms. The van der Waals surface area contributed by atoms with Crippen LogP contribution >= 0.6 is 0 Å². The van der Waals surface area contributed by atoms with Crippen molar-refractivity contribution in [1.29, 1.82) is 0 Å². The highest BCUT2D eigenvalue weighted by molar-refractivity contribution is 5.84. The molecule has 4 atom stereocenters. The van der Waals surface area contributed by atoms with Crippen LogP contribution in [0.3, 0.4) is 0 Å². The van der Waals surface area contributed by atoms with E-state index in [9.17, 15) is 0 Å². The Balaban J connectivity index is 1.29. The molecule has 0 radical (unpaired) electrons. The molecule has 0 saturated heterocycles. The Labute approximate surface area is 187 Å². The Kier molecular flexibility index (Phi) is 4.25. The molecule has 0 amide bonds. The van der Waals surface area contributed by atoms with Crippen molar-refractivity contribution in [1.82, 2.24) is 9.88 Å². The smallest absolute Gasteiger partial charge is 0.0486 e. The average Bonchev–Trinajstić information content (AvgIpc) is 3.03. The lowest BCUT2D eigenvalue weighted by molar-refractivity contribution is -0.118. The fourth-order valence-electron chi connectivity index (χ4n) is 8.49. The molecule has 2 nitrogen and oxygen atoms in total. The highest BCUT2D eigenvalue weighted by Gasteiger charge is 2.59. The fraction of sp³-hybridized carbons (Fsp3) is 0.517. The first-order valence-electron chi connectivity index (χ1n) is 12.2. The summed E-state index contributed by atoms with van der Waals surface area (Å²) in [5.41, 5.74) is 7.05. The predicted molar refractivity (Wildman–Crippen MR) is 129 cm³/mol. The zero-order valence-corrected chi connectivity index (χ0v) is 19.4. The largest absolute Gasteiger partial charge is 0.343 e. The first-order chi connectivity index (χ1) is 14.8. The van der Waals surface area contributed by atoms with E-state index in [2.05, 4.69) is 85.4 Å². The zero-order valence-electron chi connectivity index (χ0n) is 19.4. The van der Waals surface area contributed by atoms with Crippen LogP contribution in [0.1, 0.15) is 69.1 Å². The lowest BCUT2D eigenvalue weighted by atomic mass is 9.43. The van der Waals surface area contributed by atoms with Crippen molar-refractivity contribution in [3.8, 4) is 0 Å². The molecule has 4 saturated carbocycles. The molecule has 4 bridgehead atoms. The van der Waals surface area contributed by atoms with Crippen LogP contribution in [0.25, 0.3) is 10.9 Å². The predicted octanol–water partition coefficient (Wildman–Crippen LogP) is 6.84. The summed E-state index contributed by atoms with van der Waals surface area (Å²) in [6.45, 7) is 9.29. The Morgan fingerprint density at radius 1 is 0.871 bits per heavy atom. The van der Waals surface area contributed by atoms with Gasteiger partial charge in [0, 0.05) is 35.7 Å². The maximum atomic E-state index is 4.16. The molecule has 7 rings (SSSR count). The van der Waals surface area contributed by atoms with Crippen LogP contribution in [-0.4, -0.2) is 10.1 Å². The van der Waals surface area contributed by atoms with Crippen molar-refractivity contribution in [2.24, 2.45) is 16.7 Å². The topological polar surface area (TPSA) is 17.0 Å². The Morgan fingerprint density at radius 3 is 2.32 bits per heavy atom. The second kappa shape index (κ2) is 6.72. The third-order valence-corrected chi connectivity index (χ3v) is 8.75. The number of aryl methyl sites for hydroxylation is 1. The number of hydrogen-bond acceptors (Lipinski definition) is 1. The van der Waals surface area contributed by atoms with Crippen LogP contribution in [0.2, 0.25) is 0 Å². The second-order valence-corrected chi connectivity index (χ2v) is 12.0. The number of para-hydroxylation sites is 1. The van der Waals surface area contributed by atoms with E-state index in [1.165, 1.54) is 66.1 Å². The van der Waals surface area contributed by atoms with Gasteiger partial charge in [0.2, 0.25) is 0 Å². The third-order valence-electron chi connectivity index (χ3n) is 8.75. The Morgan fingerprint density at radius 2 is 1.58 bits per heavy atom. The van der Waals surface area contributed by atoms with Gasteiger partial charge < -0.3 is 9.88 Å². The molecule has 1 N–H and O–H groups in total. The monoisotopic (exact) mass is 412 g/mol. The van der Waals surface area contributed by atoms with Crippen LogP contribution in [0.15, 0.2) is 54.7 Å². The first-order valence-corrected chi connectivity index (χ1v) is 12.2. The molecule has 1 aromatic heterocycles. The number of nitrogens with zero attached hydrogens (tertiary/aromatic N) is 1. The normalized spacial score (nSPS) is 34.0. The molecule has 2 unspecified atom stereocenters. The fourth-order valence-corrected chi connectivity index (χ4v) is 8.49. The highest BCUT2D eigenvalue weighted by Crippen LogP contribution is 2.66. The van der Waals surface area contributed by atoms with Gasteiger partial charge in [-0.15, -0.1) is 0 Å². The van der Waals surface area contributed by atoms with Gasteiger partial charge in [-0.3, -0.25) is 0 Å². The summed E-state index contributed by atoms with van der Waals surface area (Å²) in [5, 5.41) is 5.57. The van der Waals surface area contributed by atoms with Crippen molar-refractivity contribution in [2.45, 2.75) is 77.9 Å². The van der Waals surface area contributed by atoms with E-state index in [4.69, 9.17) is 0 Å². The summed E-state index contributed by atoms with van der Waals surface area (Å²) in [7, 11) is 0. The number of hydrogen-bond donors (Lipinski definition) is 1. The second-order valence-electron chi connectivity index (χ2n) is 12.0. The zero-order chi connectivity index (χ0) is 21.3. The van der Waals surface area contributed by atoms with Gasteiger partial charge in [-0.1, -0.05) is 56.3 Å². The van der Waals surface area contributed by atoms with Gasteiger partial charge in [-0.2, -0.15) is 0 Å². The van der Waals surface area contributed by atoms with Gasteiger partial charge in [0.25, 0.3) is 0 Å². The lowest BCUT2D eigenvalue weighted by Crippen LogP contribution is -2.63. The molecule has 2 heteroatoms. The van der Waals surface area contributed by atoms with E-state index in [0.717, 1.165) is 19.0 Å². The maximum absolute atomic E-state index is 4.16. The van der Waals surface area contributed by atoms with Gasteiger partial charge in [0.05, 0.1) is 0 Å². The van der Waals surface area contributed by atoms with Gasteiger partial charge in [-0.25, -0.2) is 0 Å². The molecule has 2 aromatic carbocycles. The summed E-state index contributed by atoms with van der Waals surface area (Å²) < 4.78 is 2.46. The summed E-state index contributed by atoms with van der Waals surface area (Å²) in [6, 6.07) is 17.7. The Bertz CT molecular complexity index is 1120. The lowest BCUT2D eigenvalue weighted by Gasteiger charge is -2.65. The van der Waals surface area contributed by atoms with Crippen LogP contribution in [0, 0.1) is 23.7 Å². The minimum Gasteiger partial charge on any atom is -0.343 e. The maximum Gasteiger partial charge on any atom is 0.0486 e. The summed E-state index contributed by atoms with van der Waals surface area (Å²) >= 11 is 0. The first kappa shape index (κ1) is 19.6. The van der Waals surface area contributed by atoms with Crippen LogP contribution in [0.5, 0.6) is 0 Å². The number of rotatable bonds is 5. The number of nitrogens with one attached hydrogen (secondary N) is 1. The van der Waals surface area contributed by atoms with Gasteiger partial charge in [0.15, 0.2) is 0 Å². The highest BCUT2D eigenvalue weighted by atomic mass is 15.0. The van der Waals surface area contributed by atoms with E-state index in [1.807, 2.05) is 0 Å². The van der Waals surface area contributed by atoms with Crippen LogP contribution in [-0.2, 0) is 13.1 Å². The minimum atomic E-state index is 0.349. The van der Waals surface area contributed by atoms with Crippen LogP contribution in [0.4, 0.5) is 0 Å². The quantitative estimate of drug-likeness (QED) is 0.485. The van der Waals surface area contributed by atoms with E-state index in [1.54, 1.807) is 0 Å². The molecular formula is C29H36N2. The van der Waals surface area contributed by atoms with Gasteiger partial charge >= 0.3 is 0 Å². The number of aromatic nitrogens is 1. The Hall–Kier alpha value is -2.06. The van der Waals surface area contributed by atoms with Gasteiger partial charge in [0.1, 0.15) is 0 Å². The van der Waals surface area contributed by atoms with Crippen molar-refractivity contribution in [3.63, 3.8) is 0 Å². The summed E-state index contributed by atoms with van der Waals surface area (Å²) in [6.07, 6.45) is 10.9. The van der Waals surface area contributed by atoms with Crippen molar-refractivity contribution < 1.29 is 0 Å². The molecule has 1 heterocycles. The molecular weight excluding hydrogens is 376 g/mol. The summed E-state index contributed by atoms with van der Waals surface area (Å²) in [5.74, 6) is 0.932. The molecule has 4 fully saturated rings. The molecule has 0 spiro atoms. The van der Waals surface area contributed by atoms with E-state index < -0.39 is 0 Å². The molecule has 3 aromatic rings. The molecule has 162 valence electrons. The third kappa shape index (κ3) is 3.35. The molecule has 0 aliphatic heterocycles. The van der Waals surface area contributed by atoms with E-state index >= 15 is 0 Å². The van der Waals surface area contributed by atoms with Crippen molar-refractivity contribution >= 4 is 10.9 Å². The summed E-state index contributed by atoms with van der Waals surface area (Å²) in [4.78, 5) is 0. The minimum absolute atomic E-state index is 0.349.